The van der Waals surface area contributed by atoms with Crippen LogP contribution in [-0.4, -0.2) is 42.7 Å². The number of hydrogen-bond acceptors (Lipinski definition) is 1. The molecule has 1 N–H and O–H groups in total. The predicted octanol–water partition coefficient (Wildman–Crippen LogP) is 2.39. The normalized spacial score (nSPS) is 38.6. The Balaban J connectivity index is 1.95. The fourth-order valence-corrected chi connectivity index (χ4v) is 3.55. The molecule has 0 atom stereocenters. The summed E-state index contributed by atoms with van der Waals surface area (Å²) >= 11 is 0. The van der Waals surface area contributed by atoms with E-state index in [9.17, 15) is 0 Å². The van der Waals surface area contributed by atoms with E-state index in [4.69, 9.17) is 0 Å². The summed E-state index contributed by atoms with van der Waals surface area (Å²) < 4.78 is 1.41. The van der Waals surface area contributed by atoms with Crippen LogP contribution in [0.1, 0.15) is 47.0 Å². The standard InChI is InChI=1S/C14H29N2/c1-12(2)15-11-14-5-8-16(9-6-14,10-7-14)13(3)4/h12-13,15H,5-11H2,1-4H3/q+1. The summed E-state index contributed by atoms with van der Waals surface area (Å²) in [5.41, 5.74) is 0.652. The van der Waals surface area contributed by atoms with Crippen LogP contribution in [0.25, 0.3) is 0 Å². The molecule has 3 heterocycles. The Hall–Kier alpha value is -0.0800. The molecule has 3 fully saturated rings. The summed E-state index contributed by atoms with van der Waals surface area (Å²) in [6.45, 7) is 14.9. The maximum atomic E-state index is 3.67. The third kappa shape index (κ3) is 2.14. The van der Waals surface area contributed by atoms with Crippen molar-refractivity contribution in [2.24, 2.45) is 5.41 Å². The fourth-order valence-electron chi connectivity index (χ4n) is 3.55. The Labute approximate surface area is 101 Å². The van der Waals surface area contributed by atoms with Crippen LogP contribution < -0.4 is 5.32 Å². The van der Waals surface area contributed by atoms with Crippen LogP contribution in [0.15, 0.2) is 0 Å². The SMILES string of the molecule is CC(C)NCC12CC[N+](C(C)C)(CC1)CC2. The van der Waals surface area contributed by atoms with Gasteiger partial charge in [-0.15, -0.1) is 0 Å². The van der Waals surface area contributed by atoms with Gasteiger partial charge in [0.15, 0.2) is 0 Å². The number of piperidine rings is 3. The molecule has 94 valence electrons. The zero-order chi connectivity index (χ0) is 11.8. The molecule has 2 heteroatoms. The molecule has 2 bridgehead atoms. The minimum absolute atomic E-state index is 0.641. The average molecular weight is 225 g/mol. The Morgan fingerprint density at radius 2 is 1.50 bits per heavy atom. The molecule has 0 unspecified atom stereocenters. The molecule has 3 rings (SSSR count). The van der Waals surface area contributed by atoms with Crippen molar-refractivity contribution in [2.45, 2.75) is 59.0 Å². The smallest absolute Gasteiger partial charge is 0.0833 e. The summed E-state index contributed by atoms with van der Waals surface area (Å²) in [6, 6.07) is 1.47. The van der Waals surface area contributed by atoms with Crippen LogP contribution in [0.3, 0.4) is 0 Å². The van der Waals surface area contributed by atoms with Gasteiger partial charge in [0.05, 0.1) is 25.7 Å². The molecule has 0 spiro atoms. The van der Waals surface area contributed by atoms with E-state index in [2.05, 4.69) is 33.0 Å². The Morgan fingerprint density at radius 1 is 1.00 bits per heavy atom. The van der Waals surface area contributed by atoms with Crippen molar-refractivity contribution in [1.29, 1.82) is 0 Å². The number of nitrogens with one attached hydrogen (secondary N) is 1. The van der Waals surface area contributed by atoms with Crippen molar-refractivity contribution in [3.63, 3.8) is 0 Å². The van der Waals surface area contributed by atoms with Gasteiger partial charge in [-0.1, -0.05) is 13.8 Å². The minimum atomic E-state index is 0.641. The van der Waals surface area contributed by atoms with E-state index in [0.717, 1.165) is 6.04 Å². The van der Waals surface area contributed by atoms with Gasteiger partial charge in [-0.05, 0) is 19.3 Å². The van der Waals surface area contributed by atoms with Crippen molar-refractivity contribution in [3.05, 3.63) is 0 Å². The number of nitrogens with zero attached hydrogens (tertiary/aromatic N) is 1. The Morgan fingerprint density at radius 3 is 1.88 bits per heavy atom. The van der Waals surface area contributed by atoms with Crippen LogP contribution in [-0.2, 0) is 0 Å². The quantitative estimate of drug-likeness (QED) is 0.725. The fraction of sp³-hybridized carbons (Fsp3) is 1.00. The van der Waals surface area contributed by atoms with E-state index >= 15 is 0 Å². The zero-order valence-electron chi connectivity index (χ0n) is 11.6. The first-order chi connectivity index (χ1) is 7.48. The molecular weight excluding hydrogens is 196 g/mol. The van der Waals surface area contributed by atoms with E-state index in [1.807, 2.05) is 0 Å². The first kappa shape index (κ1) is 12.4. The molecule has 16 heavy (non-hydrogen) atoms. The van der Waals surface area contributed by atoms with Gasteiger partial charge in [-0.2, -0.15) is 0 Å². The molecule has 0 aromatic rings. The number of rotatable bonds is 4. The Kier molecular flexibility index (Phi) is 3.33. The number of hydrogen-bond donors (Lipinski definition) is 1. The van der Waals surface area contributed by atoms with Crippen LogP contribution >= 0.6 is 0 Å². The van der Waals surface area contributed by atoms with Crippen LogP contribution in [0, 0.1) is 5.41 Å². The van der Waals surface area contributed by atoms with Crippen LogP contribution in [0.5, 0.6) is 0 Å². The van der Waals surface area contributed by atoms with Gasteiger partial charge in [0.25, 0.3) is 0 Å². The summed E-state index contributed by atoms with van der Waals surface area (Å²) in [4.78, 5) is 0. The summed E-state index contributed by atoms with van der Waals surface area (Å²) in [5, 5.41) is 3.67. The average Bonchev–Trinajstić information content (AvgIpc) is 2.29. The first-order valence-corrected chi connectivity index (χ1v) is 7.07. The Bertz CT molecular complexity index is 221. The third-order valence-corrected chi connectivity index (χ3v) is 5.24. The first-order valence-electron chi connectivity index (χ1n) is 7.07. The van der Waals surface area contributed by atoms with Gasteiger partial charge in [-0.25, -0.2) is 0 Å². The van der Waals surface area contributed by atoms with Gasteiger partial charge < -0.3 is 9.80 Å². The van der Waals surface area contributed by atoms with Crippen molar-refractivity contribution >= 4 is 0 Å². The second kappa shape index (κ2) is 4.30. The minimum Gasteiger partial charge on any atom is -0.322 e. The summed E-state index contributed by atoms with van der Waals surface area (Å²) in [5.74, 6) is 0. The lowest BCUT2D eigenvalue weighted by Crippen LogP contribution is -2.66. The largest absolute Gasteiger partial charge is 0.322 e. The highest BCUT2D eigenvalue weighted by Gasteiger charge is 2.49. The molecule has 3 saturated heterocycles. The van der Waals surface area contributed by atoms with Crippen molar-refractivity contribution < 1.29 is 4.48 Å². The second-order valence-electron chi connectivity index (χ2n) is 6.77. The van der Waals surface area contributed by atoms with Gasteiger partial charge in [0.2, 0.25) is 0 Å². The molecule has 0 aromatic heterocycles. The van der Waals surface area contributed by atoms with E-state index in [1.54, 1.807) is 0 Å². The second-order valence-corrected chi connectivity index (χ2v) is 6.77. The predicted molar refractivity (Wildman–Crippen MR) is 69.4 cm³/mol. The lowest BCUT2D eigenvalue weighted by Gasteiger charge is -2.57. The van der Waals surface area contributed by atoms with E-state index in [0.29, 0.717) is 11.5 Å². The molecule has 3 aliphatic rings. The summed E-state index contributed by atoms with van der Waals surface area (Å²) in [6.07, 6.45) is 4.35. The maximum Gasteiger partial charge on any atom is 0.0833 e. The molecule has 3 aliphatic heterocycles. The van der Waals surface area contributed by atoms with Gasteiger partial charge in [-0.3, -0.25) is 0 Å². The molecule has 0 radical (unpaired) electrons. The van der Waals surface area contributed by atoms with E-state index in [1.165, 1.54) is 49.9 Å². The lowest BCUT2D eigenvalue weighted by atomic mass is 9.70. The lowest BCUT2D eigenvalue weighted by molar-refractivity contribution is -0.964. The topological polar surface area (TPSA) is 12.0 Å². The highest BCUT2D eigenvalue weighted by molar-refractivity contribution is 4.89. The molecule has 0 saturated carbocycles. The van der Waals surface area contributed by atoms with E-state index < -0.39 is 0 Å². The third-order valence-electron chi connectivity index (χ3n) is 5.24. The van der Waals surface area contributed by atoms with Crippen molar-refractivity contribution in [2.75, 3.05) is 26.2 Å². The van der Waals surface area contributed by atoms with Gasteiger partial charge in [0, 0.05) is 31.8 Å². The molecule has 0 aliphatic carbocycles. The highest BCUT2D eigenvalue weighted by atomic mass is 15.4. The van der Waals surface area contributed by atoms with Crippen molar-refractivity contribution in [3.8, 4) is 0 Å². The van der Waals surface area contributed by atoms with Gasteiger partial charge in [0.1, 0.15) is 0 Å². The van der Waals surface area contributed by atoms with E-state index in [-0.39, 0.29) is 0 Å². The zero-order valence-corrected chi connectivity index (χ0v) is 11.6. The molecule has 0 aromatic carbocycles. The van der Waals surface area contributed by atoms with Crippen molar-refractivity contribution in [1.82, 2.24) is 5.32 Å². The van der Waals surface area contributed by atoms with Gasteiger partial charge >= 0.3 is 0 Å². The monoisotopic (exact) mass is 225 g/mol. The highest BCUT2D eigenvalue weighted by Crippen LogP contribution is 2.44. The molecule has 0 amide bonds. The molecular formula is C14H29N2+. The number of fused-ring (bicyclic) bond motifs is 3. The number of quaternary nitrogens is 1. The summed E-state index contributed by atoms with van der Waals surface area (Å²) in [7, 11) is 0. The van der Waals surface area contributed by atoms with Crippen LogP contribution in [0.4, 0.5) is 0 Å². The van der Waals surface area contributed by atoms with Crippen LogP contribution in [0.2, 0.25) is 0 Å². The maximum absolute atomic E-state index is 3.67. The molecule has 2 nitrogen and oxygen atoms in total.